The number of Topliss-reactive ketones (excluding diaryl/α,β-unsaturated/α-hetero) is 1. The van der Waals surface area contributed by atoms with Crippen LogP contribution in [0.25, 0.3) is 0 Å². The zero-order valence-corrected chi connectivity index (χ0v) is 12.9. The molecular weight excluding hydrogens is 248 g/mol. The fourth-order valence-electron chi connectivity index (χ4n) is 2.13. The van der Waals surface area contributed by atoms with E-state index in [-0.39, 0.29) is 5.78 Å². The Morgan fingerprint density at radius 2 is 2.10 bits per heavy atom. The molecule has 0 aliphatic carbocycles. The van der Waals surface area contributed by atoms with Gasteiger partial charge in [0, 0.05) is 0 Å². The molecule has 0 aliphatic rings. The number of carbonyl (C=O) groups excluding carboxylic acids is 1. The van der Waals surface area contributed by atoms with Crippen LogP contribution in [0.4, 0.5) is 0 Å². The third-order valence-corrected chi connectivity index (χ3v) is 3.40. The highest BCUT2D eigenvalue weighted by Crippen LogP contribution is 2.15. The van der Waals surface area contributed by atoms with Gasteiger partial charge in [0.2, 0.25) is 0 Å². The highest BCUT2D eigenvalue weighted by molar-refractivity contribution is 6.07. The quantitative estimate of drug-likeness (QED) is 0.683. The zero-order chi connectivity index (χ0) is 15.0. The van der Waals surface area contributed by atoms with Gasteiger partial charge in [0.1, 0.15) is 5.75 Å². The molecule has 0 atom stereocenters. The number of methoxy groups -OCH3 is 1. The molecule has 0 aliphatic heterocycles. The third kappa shape index (κ3) is 4.69. The Hall–Kier alpha value is -1.83. The molecular formula is C18H24O2. The molecule has 1 aromatic carbocycles. The molecule has 0 fully saturated rings. The topological polar surface area (TPSA) is 26.3 Å². The van der Waals surface area contributed by atoms with Crippen LogP contribution in [0.15, 0.2) is 47.6 Å². The van der Waals surface area contributed by atoms with Crippen molar-refractivity contribution in [2.75, 3.05) is 7.11 Å². The Morgan fingerprint density at radius 3 is 2.70 bits per heavy atom. The minimum atomic E-state index is 0.167. The molecule has 0 aromatic heterocycles. The van der Waals surface area contributed by atoms with Crippen LogP contribution in [0, 0.1) is 0 Å². The van der Waals surface area contributed by atoms with E-state index in [1.54, 1.807) is 7.11 Å². The van der Waals surface area contributed by atoms with Gasteiger partial charge in [-0.15, -0.1) is 0 Å². The molecule has 0 bridgehead atoms. The van der Waals surface area contributed by atoms with Crippen LogP contribution in [-0.2, 0) is 11.2 Å². The van der Waals surface area contributed by atoms with Crippen LogP contribution < -0.4 is 4.74 Å². The second-order valence-corrected chi connectivity index (χ2v) is 4.77. The summed E-state index contributed by atoms with van der Waals surface area (Å²) in [6, 6.07) is 8.05. The number of ketones is 1. The maximum absolute atomic E-state index is 12.1. The lowest BCUT2D eigenvalue weighted by molar-refractivity contribution is -0.112. The van der Waals surface area contributed by atoms with Gasteiger partial charge in [-0.3, -0.25) is 4.79 Å². The van der Waals surface area contributed by atoms with Gasteiger partial charge in [0.05, 0.1) is 7.11 Å². The van der Waals surface area contributed by atoms with Crippen molar-refractivity contribution in [3.8, 4) is 5.75 Å². The van der Waals surface area contributed by atoms with Crippen molar-refractivity contribution in [1.29, 1.82) is 0 Å². The SMILES string of the molecule is C/C=C(\CC)C(=O)/C(C)=C/CCc1cccc(OC)c1. The number of benzene rings is 1. The summed E-state index contributed by atoms with van der Waals surface area (Å²) >= 11 is 0. The number of hydrogen-bond donors (Lipinski definition) is 0. The van der Waals surface area contributed by atoms with E-state index in [4.69, 9.17) is 4.74 Å². The van der Waals surface area contributed by atoms with E-state index in [0.29, 0.717) is 0 Å². The van der Waals surface area contributed by atoms with E-state index in [9.17, 15) is 4.79 Å². The van der Waals surface area contributed by atoms with E-state index in [2.05, 4.69) is 6.07 Å². The van der Waals surface area contributed by atoms with E-state index in [0.717, 1.165) is 36.2 Å². The number of carbonyl (C=O) groups is 1. The minimum Gasteiger partial charge on any atom is -0.497 e. The lowest BCUT2D eigenvalue weighted by atomic mass is 10.0. The lowest BCUT2D eigenvalue weighted by Crippen LogP contribution is -2.03. The lowest BCUT2D eigenvalue weighted by Gasteiger charge is -2.05. The molecule has 0 radical (unpaired) electrons. The Bertz CT molecular complexity index is 510. The molecule has 0 N–H and O–H groups in total. The standard InChI is InChI=1S/C18H24O2/c1-5-16(6-2)18(19)14(3)9-7-10-15-11-8-12-17(13-15)20-4/h5,8-9,11-13H,6-7,10H2,1-4H3/b14-9+,16-5+. The van der Waals surface area contributed by atoms with Gasteiger partial charge in [0.15, 0.2) is 5.78 Å². The predicted octanol–water partition coefficient (Wildman–Crippen LogP) is 4.50. The van der Waals surface area contributed by atoms with E-state index < -0.39 is 0 Å². The first-order chi connectivity index (χ1) is 9.62. The van der Waals surface area contributed by atoms with Crippen molar-refractivity contribution >= 4 is 5.78 Å². The summed E-state index contributed by atoms with van der Waals surface area (Å²) in [6.45, 7) is 5.82. The van der Waals surface area contributed by atoms with E-state index >= 15 is 0 Å². The Labute approximate surface area is 122 Å². The first-order valence-electron chi connectivity index (χ1n) is 7.12. The fraction of sp³-hybridized carbons (Fsp3) is 0.389. The molecule has 2 nitrogen and oxygen atoms in total. The molecule has 1 aromatic rings. The summed E-state index contributed by atoms with van der Waals surface area (Å²) in [5.41, 5.74) is 2.95. The summed E-state index contributed by atoms with van der Waals surface area (Å²) in [5, 5.41) is 0. The normalized spacial score (nSPS) is 12.4. The maximum Gasteiger partial charge on any atom is 0.184 e. The number of rotatable bonds is 7. The van der Waals surface area contributed by atoms with E-state index in [1.165, 1.54) is 5.56 Å². The van der Waals surface area contributed by atoms with Crippen molar-refractivity contribution in [3.05, 3.63) is 53.1 Å². The van der Waals surface area contributed by atoms with Crippen LogP contribution in [-0.4, -0.2) is 12.9 Å². The molecule has 0 saturated heterocycles. The van der Waals surface area contributed by atoms with E-state index in [1.807, 2.05) is 51.1 Å². The number of ether oxygens (including phenoxy) is 1. The third-order valence-electron chi connectivity index (χ3n) is 3.40. The van der Waals surface area contributed by atoms with Crippen molar-refractivity contribution < 1.29 is 9.53 Å². The van der Waals surface area contributed by atoms with Crippen LogP contribution in [0.2, 0.25) is 0 Å². The van der Waals surface area contributed by atoms with Gasteiger partial charge in [-0.2, -0.15) is 0 Å². The molecule has 108 valence electrons. The largest absolute Gasteiger partial charge is 0.497 e. The highest BCUT2D eigenvalue weighted by Gasteiger charge is 2.08. The first kappa shape index (κ1) is 16.2. The van der Waals surface area contributed by atoms with Crippen molar-refractivity contribution in [2.24, 2.45) is 0 Å². The summed E-state index contributed by atoms with van der Waals surface area (Å²) in [5.74, 6) is 1.04. The van der Waals surface area contributed by atoms with Gasteiger partial charge in [0.25, 0.3) is 0 Å². The molecule has 0 amide bonds. The second-order valence-electron chi connectivity index (χ2n) is 4.77. The van der Waals surface area contributed by atoms with Crippen LogP contribution in [0.5, 0.6) is 5.75 Å². The first-order valence-corrected chi connectivity index (χ1v) is 7.12. The fourth-order valence-corrected chi connectivity index (χ4v) is 2.13. The molecule has 0 unspecified atom stereocenters. The van der Waals surface area contributed by atoms with Gasteiger partial charge in [-0.1, -0.05) is 31.2 Å². The molecule has 0 saturated carbocycles. The molecule has 0 heterocycles. The predicted molar refractivity (Wildman–Crippen MR) is 84.1 cm³/mol. The average Bonchev–Trinajstić information content (AvgIpc) is 2.48. The van der Waals surface area contributed by atoms with Gasteiger partial charge in [-0.25, -0.2) is 0 Å². The minimum absolute atomic E-state index is 0.167. The monoisotopic (exact) mass is 272 g/mol. The average molecular weight is 272 g/mol. The van der Waals surface area contributed by atoms with Crippen molar-refractivity contribution in [2.45, 2.75) is 40.0 Å². The van der Waals surface area contributed by atoms with Gasteiger partial charge < -0.3 is 4.74 Å². The Balaban J connectivity index is 2.61. The summed E-state index contributed by atoms with van der Waals surface area (Å²) in [7, 11) is 1.67. The molecule has 0 spiro atoms. The summed E-state index contributed by atoms with van der Waals surface area (Å²) in [4.78, 5) is 12.1. The Kier molecular flexibility index (Phi) is 6.78. The van der Waals surface area contributed by atoms with Gasteiger partial charge in [-0.05, 0) is 62.0 Å². The van der Waals surface area contributed by atoms with Crippen molar-refractivity contribution in [1.82, 2.24) is 0 Å². The van der Waals surface area contributed by atoms with Crippen LogP contribution in [0.1, 0.15) is 39.2 Å². The maximum atomic E-state index is 12.1. The second kappa shape index (κ2) is 8.36. The number of aryl methyl sites for hydroxylation is 1. The molecule has 2 heteroatoms. The zero-order valence-electron chi connectivity index (χ0n) is 12.9. The number of allylic oxidation sites excluding steroid dienone is 4. The van der Waals surface area contributed by atoms with Gasteiger partial charge >= 0.3 is 0 Å². The number of hydrogen-bond acceptors (Lipinski definition) is 2. The molecule has 1 rings (SSSR count). The van der Waals surface area contributed by atoms with Crippen LogP contribution >= 0.6 is 0 Å². The highest BCUT2D eigenvalue weighted by atomic mass is 16.5. The Morgan fingerprint density at radius 1 is 1.35 bits per heavy atom. The smallest absolute Gasteiger partial charge is 0.184 e. The summed E-state index contributed by atoms with van der Waals surface area (Å²) < 4.78 is 5.20. The summed E-state index contributed by atoms with van der Waals surface area (Å²) in [6.07, 6.45) is 6.50. The van der Waals surface area contributed by atoms with Crippen LogP contribution in [0.3, 0.4) is 0 Å². The van der Waals surface area contributed by atoms with Crippen molar-refractivity contribution in [3.63, 3.8) is 0 Å². The molecule has 20 heavy (non-hydrogen) atoms.